The van der Waals surface area contributed by atoms with Crippen LogP contribution in [0.1, 0.15) is 41.6 Å². The summed E-state index contributed by atoms with van der Waals surface area (Å²) in [6, 6.07) is 26.1. The number of rotatable bonds is 7. The highest BCUT2D eigenvalue weighted by atomic mass is 16.7. The highest BCUT2D eigenvalue weighted by Gasteiger charge is 2.38. The molecule has 0 aliphatic carbocycles. The summed E-state index contributed by atoms with van der Waals surface area (Å²) < 4.78 is 13.0. The number of aliphatic hydroxyl groups is 1. The van der Waals surface area contributed by atoms with E-state index >= 15 is 0 Å². The van der Waals surface area contributed by atoms with Crippen molar-refractivity contribution in [2.75, 3.05) is 19.3 Å². The van der Waals surface area contributed by atoms with Crippen molar-refractivity contribution >= 4 is 5.69 Å². The van der Waals surface area contributed by atoms with Crippen molar-refractivity contribution in [1.82, 2.24) is 4.90 Å². The molecule has 0 saturated carbocycles. The van der Waals surface area contributed by atoms with E-state index in [4.69, 9.17) is 15.2 Å². The summed E-state index contributed by atoms with van der Waals surface area (Å²) >= 11 is 0. The number of hydrogen-bond acceptors (Lipinski definition) is 5. The highest BCUT2D eigenvalue weighted by Crippen LogP contribution is 2.42. The van der Waals surface area contributed by atoms with Gasteiger partial charge in [0.25, 0.3) is 0 Å². The Morgan fingerprint density at radius 1 is 0.875 bits per heavy atom. The van der Waals surface area contributed by atoms with Crippen LogP contribution in [0.25, 0.3) is 0 Å². The van der Waals surface area contributed by atoms with Gasteiger partial charge in [-0.2, -0.15) is 0 Å². The van der Waals surface area contributed by atoms with Gasteiger partial charge in [-0.05, 0) is 35.9 Å². The van der Waals surface area contributed by atoms with Crippen LogP contribution in [0.5, 0.6) is 0 Å². The van der Waals surface area contributed by atoms with E-state index in [1.54, 1.807) is 0 Å². The molecule has 5 nitrogen and oxygen atoms in total. The zero-order chi connectivity index (χ0) is 22.5. The minimum Gasteiger partial charge on any atom is -0.399 e. The lowest BCUT2D eigenvalue weighted by atomic mass is 9.90. The zero-order valence-electron chi connectivity index (χ0n) is 18.7. The zero-order valence-corrected chi connectivity index (χ0v) is 18.7. The van der Waals surface area contributed by atoms with Crippen LogP contribution >= 0.6 is 0 Å². The Labute approximate surface area is 190 Å². The number of likely N-dealkylation sites (N-methyl/N-ethyl adjacent to an activating group) is 1. The Bertz CT molecular complexity index is 993. The largest absolute Gasteiger partial charge is 0.399 e. The summed E-state index contributed by atoms with van der Waals surface area (Å²) in [6.07, 6.45) is -0.642. The molecule has 0 bridgehead atoms. The molecule has 1 aliphatic heterocycles. The molecule has 3 aromatic rings. The van der Waals surface area contributed by atoms with E-state index in [9.17, 15) is 5.11 Å². The minimum absolute atomic E-state index is 0.0218. The van der Waals surface area contributed by atoms with Gasteiger partial charge in [0.05, 0.1) is 18.8 Å². The molecule has 0 amide bonds. The number of benzene rings is 3. The first-order valence-corrected chi connectivity index (χ1v) is 11.1. The first kappa shape index (κ1) is 22.5. The molecule has 0 unspecified atom stereocenters. The van der Waals surface area contributed by atoms with Gasteiger partial charge in [-0.1, -0.05) is 73.7 Å². The van der Waals surface area contributed by atoms with Crippen molar-refractivity contribution in [2.45, 2.75) is 38.6 Å². The molecule has 4 atom stereocenters. The molecular formula is C27H32N2O3. The van der Waals surface area contributed by atoms with E-state index in [0.29, 0.717) is 5.69 Å². The molecule has 168 valence electrons. The van der Waals surface area contributed by atoms with Gasteiger partial charge >= 0.3 is 0 Å². The number of nitrogens with zero attached hydrogens (tertiary/aromatic N) is 1. The fourth-order valence-electron chi connectivity index (χ4n) is 4.30. The third-order valence-corrected chi connectivity index (χ3v) is 6.09. The average Bonchev–Trinajstić information content (AvgIpc) is 2.81. The highest BCUT2D eigenvalue weighted by molar-refractivity contribution is 5.41. The SMILES string of the molecule is C[C@@H]1[C@H](CN(C)Cc2ccccc2)O[C@H](c2cccc(N)c2)O[C@@H]1c1ccc(CO)cc1. The maximum absolute atomic E-state index is 9.40. The Hall–Kier alpha value is -2.70. The monoisotopic (exact) mass is 432 g/mol. The Balaban J connectivity index is 1.57. The number of nitrogen functional groups attached to an aromatic ring is 1. The topological polar surface area (TPSA) is 68.0 Å². The van der Waals surface area contributed by atoms with E-state index in [-0.39, 0.29) is 24.7 Å². The molecule has 1 heterocycles. The van der Waals surface area contributed by atoms with E-state index in [0.717, 1.165) is 29.8 Å². The Morgan fingerprint density at radius 3 is 2.31 bits per heavy atom. The van der Waals surface area contributed by atoms with Gasteiger partial charge < -0.3 is 20.3 Å². The molecule has 32 heavy (non-hydrogen) atoms. The van der Waals surface area contributed by atoms with Crippen molar-refractivity contribution in [2.24, 2.45) is 5.92 Å². The summed E-state index contributed by atoms with van der Waals surface area (Å²) in [6.45, 7) is 3.85. The Morgan fingerprint density at radius 2 is 1.62 bits per heavy atom. The summed E-state index contributed by atoms with van der Waals surface area (Å²) in [5, 5.41) is 9.40. The van der Waals surface area contributed by atoms with Crippen LogP contribution in [0.3, 0.4) is 0 Å². The van der Waals surface area contributed by atoms with Crippen LogP contribution in [0.2, 0.25) is 0 Å². The molecule has 0 spiro atoms. The van der Waals surface area contributed by atoms with Crippen LogP contribution in [0, 0.1) is 5.92 Å². The summed E-state index contributed by atoms with van der Waals surface area (Å²) in [5.74, 6) is 0.144. The second kappa shape index (κ2) is 10.3. The van der Waals surface area contributed by atoms with Gasteiger partial charge in [0.1, 0.15) is 0 Å². The maximum Gasteiger partial charge on any atom is 0.185 e. The van der Waals surface area contributed by atoms with Gasteiger partial charge in [-0.15, -0.1) is 0 Å². The number of aliphatic hydroxyl groups excluding tert-OH is 1. The molecule has 3 aromatic carbocycles. The number of hydrogen-bond donors (Lipinski definition) is 2. The van der Waals surface area contributed by atoms with Gasteiger partial charge in [0.2, 0.25) is 0 Å². The van der Waals surface area contributed by atoms with Crippen molar-refractivity contribution in [3.63, 3.8) is 0 Å². The van der Waals surface area contributed by atoms with Crippen LogP contribution in [0.15, 0.2) is 78.9 Å². The lowest BCUT2D eigenvalue weighted by molar-refractivity contribution is -0.276. The van der Waals surface area contributed by atoms with E-state index in [1.165, 1.54) is 5.56 Å². The fraction of sp³-hybridized carbons (Fsp3) is 0.333. The summed E-state index contributed by atoms with van der Waals surface area (Å²) in [7, 11) is 2.12. The molecule has 1 aliphatic rings. The van der Waals surface area contributed by atoms with Crippen LogP contribution in [-0.4, -0.2) is 29.7 Å². The molecule has 4 rings (SSSR count). The van der Waals surface area contributed by atoms with Gasteiger partial charge in [-0.3, -0.25) is 4.90 Å². The number of ether oxygens (including phenoxy) is 2. The molecule has 3 N–H and O–H groups in total. The third-order valence-electron chi connectivity index (χ3n) is 6.09. The first-order chi connectivity index (χ1) is 15.5. The van der Waals surface area contributed by atoms with Crippen LogP contribution in [0.4, 0.5) is 5.69 Å². The van der Waals surface area contributed by atoms with Crippen molar-refractivity contribution in [1.29, 1.82) is 0 Å². The van der Waals surface area contributed by atoms with Crippen molar-refractivity contribution in [3.8, 4) is 0 Å². The molecule has 0 aromatic heterocycles. The number of nitrogens with two attached hydrogens (primary N) is 1. The predicted octanol–water partition coefficient (Wildman–Crippen LogP) is 4.68. The minimum atomic E-state index is -0.493. The maximum atomic E-state index is 9.40. The smallest absolute Gasteiger partial charge is 0.185 e. The predicted molar refractivity (Wildman–Crippen MR) is 127 cm³/mol. The molecule has 5 heteroatoms. The molecule has 0 radical (unpaired) electrons. The second-order valence-corrected chi connectivity index (χ2v) is 8.67. The van der Waals surface area contributed by atoms with E-state index < -0.39 is 6.29 Å². The third kappa shape index (κ3) is 5.37. The second-order valence-electron chi connectivity index (χ2n) is 8.67. The standard InChI is InChI=1S/C27H32N2O3/c1-19-25(17-29(2)16-20-7-4-3-5-8-20)31-27(23-9-6-10-24(28)15-23)32-26(19)22-13-11-21(18-30)12-14-22/h3-15,19,25-27,30H,16-18,28H2,1-2H3/t19-,25+,26+,27+/m1/s1. The van der Waals surface area contributed by atoms with Gasteiger partial charge in [0, 0.05) is 30.3 Å². The average molecular weight is 433 g/mol. The molecule has 1 saturated heterocycles. The van der Waals surface area contributed by atoms with Crippen LogP contribution in [-0.2, 0) is 22.6 Å². The quantitative estimate of drug-likeness (QED) is 0.531. The van der Waals surface area contributed by atoms with E-state index in [2.05, 4.69) is 43.1 Å². The lowest BCUT2D eigenvalue weighted by Crippen LogP contribution is -2.43. The lowest BCUT2D eigenvalue weighted by Gasteiger charge is -2.42. The molecular weight excluding hydrogens is 400 g/mol. The van der Waals surface area contributed by atoms with Crippen molar-refractivity contribution in [3.05, 3.63) is 101 Å². The first-order valence-electron chi connectivity index (χ1n) is 11.1. The van der Waals surface area contributed by atoms with Gasteiger partial charge in [0.15, 0.2) is 6.29 Å². The summed E-state index contributed by atoms with van der Waals surface area (Å²) in [4.78, 5) is 2.30. The van der Waals surface area contributed by atoms with Crippen LogP contribution < -0.4 is 5.73 Å². The fourth-order valence-corrected chi connectivity index (χ4v) is 4.30. The normalized spacial score (nSPS) is 23.4. The van der Waals surface area contributed by atoms with E-state index in [1.807, 2.05) is 54.6 Å². The summed E-state index contributed by atoms with van der Waals surface area (Å²) in [5.41, 5.74) is 10.9. The Kier molecular flexibility index (Phi) is 7.22. The van der Waals surface area contributed by atoms with Crippen molar-refractivity contribution < 1.29 is 14.6 Å². The van der Waals surface area contributed by atoms with Gasteiger partial charge in [-0.25, -0.2) is 0 Å². The molecule has 1 fully saturated rings. The number of anilines is 1.